The second-order valence-corrected chi connectivity index (χ2v) is 4.11. The van der Waals surface area contributed by atoms with E-state index in [1.54, 1.807) is 0 Å². The van der Waals surface area contributed by atoms with Gasteiger partial charge in [0.25, 0.3) is 0 Å². The molecular formula is C15H16O. The van der Waals surface area contributed by atoms with E-state index in [0.29, 0.717) is 6.42 Å². The molecule has 0 heterocycles. The molecule has 0 N–H and O–H groups in total. The van der Waals surface area contributed by atoms with Crippen molar-refractivity contribution < 1.29 is 4.79 Å². The summed E-state index contributed by atoms with van der Waals surface area (Å²) >= 11 is 0. The number of benzene rings is 1. The van der Waals surface area contributed by atoms with E-state index >= 15 is 0 Å². The molecule has 1 aliphatic rings. The average molecular weight is 212 g/mol. The summed E-state index contributed by atoms with van der Waals surface area (Å²) in [4.78, 5) is 11.6. The van der Waals surface area contributed by atoms with Crippen molar-refractivity contribution in [3.63, 3.8) is 0 Å². The lowest BCUT2D eigenvalue weighted by Crippen LogP contribution is -2.02. The highest BCUT2D eigenvalue weighted by molar-refractivity contribution is 5.96. The van der Waals surface area contributed by atoms with E-state index in [2.05, 4.69) is 24.0 Å². The molecule has 1 aliphatic carbocycles. The first-order valence-electron chi connectivity index (χ1n) is 5.92. The summed E-state index contributed by atoms with van der Waals surface area (Å²) in [5.41, 5.74) is 3.53. The molecule has 0 aliphatic heterocycles. The topological polar surface area (TPSA) is 17.1 Å². The molecule has 0 spiro atoms. The Bertz CT molecular complexity index is 460. The van der Waals surface area contributed by atoms with Gasteiger partial charge in [-0.15, -0.1) is 11.8 Å². The van der Waals surface area contributed by atoms with Crippen LogP contribution in [0.2, 0.25) is 0 Å². The molecule has 0 atom stereocenters. The second kappa shape index (κ2) is 4.99. The van der Waals surface area contributed by atoms with Gasteiger partial charge in [0.2, 0.25) is 0 Å². The monoisotopic (exact) mass is 212 g/mol. The Kier molecular flexibility index (Phi) is 3.41. The van der Waals surface area contributed by atoms with E-state index in [1.807, 2.05) is 13.0 Å². The largest absolute Gasteiger partial charge is 0.294 e. The Balaban J connectivity index is 2.32. The van der Waals surface area contributed by atoms with Crippen LogP contribution in [0.1, 0.15) is 47.7 Å². The van der Waals surface area contributed by atoms with Gasteiger partial charge in [-0.1, -0.05) is 19.1 Å². The Morgan fingerprint density at radius 3 is 2.56 bits per heavy atom. The van der Waals surface area contributed by atoms with Gasteiger partial charge in [0.05, 0.1) is 0 Å². The normalized spacial score (nSPS) is 14.1. The summed E-state index contributed by atoms with van der Waals surface area (Å²) in [6, 6.07) is 6.12. The van der Waals surface area contributed by atoms with Gasteiger partial charge in [-0.05, 0) is 30.0 Å². The van der Waals surface area contributed by atoms with Crippen molar-refractivity contribution in [2.75, 3.05) is 0 Å². The van der Waals surface area contributed by atoms with E-state index in [0.717, 1.165) is 31.2 Å². The molecule has 0 fully saturated rings. The van der Waals surface area contributed by atoms with Crippen LogP contribution in [0, 0.1) is 11.8 Å². The van der Waals surface area contributed by atoms with Crippen LogP contribution in [0.25, 0.3) is 0 Å². The minimum absolute atomic E-state index is 0.232. The van der Waals surface area contributed by atoms with E-state index in [9.17, 15) is 4.79 Å². The van der Waals surface area contributed by atoms with Gasteiger partial charge in [-0.2, -0.15) is 0 Å². The van der Waals surface area contributed by atoms with E-state index in [1.165, 1.54) is 11.1 Å². The molecule has 0 saturated carbocycles. The van der Waals surface area contributed by atoms with Gasteiger partial charge in [0.1, 0.15) is 0 Å². The van der Waals surface area contributed by atoms with E-state index in [4.69, 9.17) is 0 Å². The number of rotatable bonds is 2. The lowest BCUT2D eigenvalue weighted by Gasteiger charge is -2.10. The molecule has 1 aromatic carbocycles. The van der Waals surface area contributed by atoms with Crippen LogP contribution in [0.15, 0.2) is 18.2 Å². The third kappa shape index (κ3) is 2.33. The van der Waals surface area contributed by atoms with Gasteiger partial charge < -0.3 is 0 Å². The van der Waals surface area contributed by atoms with Crippen LogP contribution in [0.3, 0.4) is 0 Å². The molecule has 0 saturated heterocycles. The highest BCUT2D eigenvalue weighted by Gasteiger charge is 2.08. The predicted molar refractivity (Wildman–Crippen MR) is 65.5 cm³/mol. The smallest absolute Gasteiger partial charge is 0.162 e. The minimum atomic E-state index is 0.232. The zero-order valence-corrected chi connectivity index (χ0v) is 9.68. The van der Waals surface area contributed by atoms with Crippen LogP contribution in [0.5, 0.6) is 0 Å². The third-order valence-electron chi connectivity index (χ3n) is 3.01. The summed E-state index contributed by atoms with van der Waals surface area (Å²) in [6.45, 7) is 1.91. The van der Waals surface area contributed by atoms with Crippen LogP contribution < -0.4 is 0 Å². The van der Waals surface area contributed by atoms with Gasteiger partial charge in [0, 0.05) is 24.8 Å². The van der Waals surface area contributed by atoms with Crippen LogP contribution in [-0.2, 0) is 12.8 Å². The molecule has 2 rings (SSSR count). The van der Waals surface area contributed by atoms with Crippen molar-refractivity contribution in [1.29, 1.82) is 0 Å². The molecule has 1 nitrogen and oxygen atoms in total. The highest BCUT2D eigenvalue weighted by Crippen LogP contribution is 2.18. The molecule has 16 heavy (non-hydrogen) atoms. The van der Waals surface area contributed by atoms with Crippen LogP contribution >= 0.6 is 0 Å². The summed E-state index contributed by atoms with van der Waals surface area (Å²) in [5.74, 6) is 6.55. The number of fused-ring (bicyclic) bond motifs is 1. The SMILES string of the molecule is CCC(=O)c1ccc2c(c1)CCC#CCC2. The fraction of sp³-hybridized carbons (Fsp3) is 0.400. The van der Waals surface area contributed by atoms with Gasteiger partial charge in [-0.3, -0.25) is 4.79 Å². The molecular weight excluding hydrogens is 196 g/mol. The number of hydrogen-bond acceptors (Lipinski definition) is 1. The number of carbonyl (C=O) groups is 1. The lowest BCUT2D eigenvalue weighted by atomic mass is 9.94. The lowest BCUT2D eigenvalue weighted by molar-refractivity contribution is 0.0988. The minimum Gasteiger partial charge on any atom is -0.294 e. The number of Topliss-reactive ketones (excluding diaryl/α,β-unsaturated/α-hetero) is 1. The first-order valence-corrected chi connectivity index (χ1v) is 5.92. The molecule has 0 radical (unpaired) electrons. The van der Waals surface area contributed by atoms with Gasteiger partial charge in [0.15, 0.2) is 5.78 Å². The molecule has 1 aromatic rings. The van der Waals surface area contributed by atoms with E-state index < -0.39 is 0 Å². The molecule has 0 bridgehead atoms. The highest BCUT2D eigenvalue weighted by atomic mass is 16.1. The maximum atomic E-state index is 11.6. The second-order valence-electron chi connectivity index (χ2n) is 4.11. The summed E-state index contributed by atoms with van der Waals surface area (Å²) in [7, 11) is 0. The average Bonchev–Trinajstić information content (AvgIpc) is 2.28. The Morgan fingerprint density at radius 1 is 1.19 bits per heavy atom. The van der Waals surface area contributed by atoms with Crippen LogP contribution in [0.4, 0.5) is 0 Å². The Labute approximate surface area is 96.9 Å². The molecule has 82 valence electrons. The van der Waals surface area contributed by atoms with Crippen molar-refractivity contribution in [1.82, 2.24) is 0 Å². The molecule has 0 aromatic heterocycles. The van der Waals surface area contributed by atoms with Crippen molar-refractivity contribution >= 4 is 5.78 Å². The number of hydrogen-bond donors (Lipinski definition) is 0. The number of carbonyl (C=O) groups excluding carboxylic acids is 1. The predicted octanol–water partition coefficient (Wildman–Crippen LogP) is 3.16. The van der Waals surface area contributed by atoms with Gasteiger partial charge >= 0.3 is 0 Å². The standard InChI is InChI=1S/C15H16O/c1-2-15(16)14-10-9-12-7-5-3-4-6-8-13(12)11-14/h9-11H,2,5-8H2,1H3. The first kappa shape index (κ1) is 11.0. The Morgan fingerprint density at radius 2 is 1.88 bits per heavy atom. The maximum absolute atomic E-state index is 11.6. The number of ketones is 1. The fourth-order valence-corrected chi connectivity index (χ4v) is 2.05. The zero-order valence-electron chi connectivity index (χ0n) is 9.68. The fourth-order valence-electron chi connectivity index (χ4n) is 2.05. The Hall–Kier alpha value is -1.55. The number of aryl methyl sites for hydroxylation is 2. The molecule has 1 heteroatoms. The summed E-state index contributed by atoms with van der Waals surface area (Å²) in [5, 5.41) is 0. The first-order chi connectivity index (χ1) is 7.81. The zero-order chi connectivity index (χ0) is 11.4. The molecule has 0 amide bonds. The van der Waals surface area contributed by atoms with Crippen molar-refractivity contribution in [2.45, 2.75) is 39.0 Å². The van der Waals surface area contributed by atoms with Crippen LogP contribution in [-0.4, -0.2) is 5.78 Å². The van der Waals surface area contributed by atoms with Crippen molar-refractivity contribution in [3.05, 3.63) is 34.9 Å². The third-order valence-corrected chi connectivity index (χ3v) is 3.01. The summed E-state index contributed by atoms with van der Waals surface area (Å²) in [6.07, 6.45) is 4.43. The molecule has 0 unspecified atom stereocenters. The maximum Gasteiger partial charge on any atom is 0.162 e. The quantitative estimate of drug-likeness (QED) is 0.543. The summed E-state index contributed by atoms with van der Waals surface area (Å²) < 4.78 is 0. The van der Waals surface area contributed by atoms with Crippen molar-refractivity contribution in [2.24, 2.45) is 0 Å². The van der Waals surface area contributed by atoms with Crippen molar-refractivity contribution in [3.8, 4) is 11.8 Å². The van der Waals surface area contributed by atoms with Gasteiger partial charge in [-0.25, -0.2) is 0 Å². The van der Waals surface area contributed by atoms with E-state index in [-0.39, 0.29) is 5.78 Å².